The Balaban J connectivity index is 1.79. The van der Waals surface area contributed by atoms with Gasteiger partial charge in [-0.3, -0.25) is 0 Å². The first kappa shape index (κ1) is 10.8. The second-order valence-electron chi connectivity index (χ2n) is 4.80. The fourth-order valence-corrected chi connectivity index (χ4v) is 2.86. The Labute approximate surface area is 101 Å². The number of hydrogen-bond donors (Lipinski definition) is 2. The molecule has 3 unspecified atom stereocenters. The van der Waals surface area contributed by atoms with Crippen molar-refractivity contribution in [2.45, 2.75) is 50.9 Å². The third-order valence-corrected chi connectivity index (χ3v) is 3.76. The van der Waals surface area contributed by atoms with E-state index < -0.39 is 0 Å². The number of anilines is 2. The molecule has 5 heteroatoms. The summed E-state index contributed by atoms with van der Waals surface area (Å²) in [6.45, 7) is 2.07. The van der Waals surface area contributed by atoms with Crippen molar-refractivity contribution in [2.24, 2.45) is 0 Å². The minimum atomic E-state index is 0.348. The Kier molecular flexibility index (Phi) is 2.63. The van der Waals surface area contributed by atoms with Gasteiger partial charge in [-0.15, -0.1) is 0 Å². The van der Waals surface area contributed by atoms with Crippen molar-refractivity contribution in [3.8, 4) is 0 Å². The highest BCUT2D eigenvalue weighted by Gasteiger charge is 2.41. The number of rotatable bonds is 3. The smallest absolute Gasteiger partial charge is 0.135 e. The quantitative estimate of drug-likeness (QED) is 0.826. The molecule has 0 radical (unpaired) electrons. The Bertz CT molecular complexity index is 423. The summed E-state index contributed by atoms with van der Waals surface area (Å²) in [5, 5.41) is 3.48. The van der Waals surface area contributed by atoms with Gasteiger partial charge in [0.2, 0.25) is 0 Å². The van der Waals surface area contributed by atoms with E-state index in [1.807, 2.05) is 0 Å². The molecule has 2 aliphatic heterocycles. The molecular formula is C12H18N4O. The Morgan fingerprint density at radius 1 is 1.47 bits per heavy atom. The van der Waals surface area contributed by atoms with E-state index in [2.05, 4.69) is 22.2 Å². The molecule has 0 saturated carbocycles. The van der Waals surface area contributed by atoms with Crippen LogP contribution in [0.2, 0.25) is 0 Å². The summed E-state index contributed by atoms with van der Waals surface area (Å²) in [5.41, 5.74) is 6.87. The van der Waals surface area contributed by atoms with Gasteiger partial charge in [-0.25, -0.2) is 9.97 Å². The van der Waals surface area contributed by atoms with Gasteiger partial charge < -0.3 is 15.8 Å². The molecule has 5 nitrogen and oxygen atoms in total. The van der Waals surface area contributed by atoms with E-state index in [9.17, 15) is 0 Å². The number of fused-ring (bicyclic) bond motifs is 2. The average molecular weight is 234 g/mol. The van der Waals surface area contributed by atoms with Crippen molar-refractivity contribution in [1.82, 2.24) is 9.97 Å². The van der Waals surface area contributed by atoms with Crippen LogP contribution < -0.4 is 11.1 Å². The highest BCUT2D eigenvalue weighted by molar-refractivity contribution is 5.55. The van der Waals surface area contributed by atoms with Gasteiger partial charge in [0.15, 0.2) is 0 Å². The van der Waals surface area contributed by atoms with Gasteiger partial charge in [-0.05, 0) is 25.7 Å². The number of nitrogens with one attached hydrogen (secondary N) is 1. The zero-order chi connectivity index (χ0) is 11.8. The standard InChI is InChI=1S/C12H18N4O/c1-2-8-11(13)14-6-15-12(8)16-9-5-7-3-4-10(9)17-7/h6-7,9-10H,2-5H2,1H3,(H3,13,14,15,16). The van der Waals surface area contributed by atoms with Crippen LogP contribution in [0.1, 0.15) is 31.7 Å². The van der Waals surface area contributed by atoms with E-state index in [-0.39, 0.29) is 0 Å². The van der Waals surface area contributed by atoms with Crippen LogP contribution in [0.5, 0.6) is 0 Å². The van der Waals surface area contributed by atoms with Crippen LogP contribution in [0.4, 0.5) is 11.6 Å². The predicted octanol–water partition coefficient (Wildman–Crippen LogP) is 1.35. The molecule has 2 aliphatic rings. The van der Waals surface area contributed by atoms with Crippen LogP contribution >= 0.6 is 0 Å². The van der Waals surface area contributed by atoms with Crippen molar-refractivity contribution in [3.05, 3.63) is 11.9 Å². The normalized spacial score (nSPS) is 30.8. The maximum Gasteiger partial charge on any atom is 0.135 e. The van der Waals surface area contributed by atoms with E-state index in [1.54, 1.807) is 0 Å². The van der Waals surface area contributed by atoms with Gasteiger partial charge in [-0.1, -0.05) is 6.92 Å². The summed E-state index contributed by atoms with van der Waals surface area (Å²) in [7, 11) is 0. The molecule has 2 saturated heterocycles. The summed E-state index contributed by atoms with van der Waals surface area (Å²) in [4.78, 5) is 8.33. The third kappa shape index (κ3) is 1.84. The largest absolute Gasteiger partial charge is 0.383 e. The SMILES string of the molecule is CCc1c(N)ncnc1NC1CC2CCC1O2. The molecule has 1 aromatic rings. The van der Waals surface area contributed by atoms with Crippen LogP contribution in [-0.2, 0) is 11.2 Å². The molecule has 92 valence electrons. The van der Waals surface area contributed by atoms with E-state index in [0.29, 0.717) is 24.1 Å². The molecule has 17 heavy (non-hydrogen) atoms. The van der Waals surface area contributed by atoms with E-state index in [1.165, 1.54) is 12.7 Å². The van der Waals surface area contributed by atoms with Crippen LogP contribution in [0.25, 0.3) is 0 Å². The molecule has 0 aromatic carbocycles. The molecular weight excluding hydrogens is 216 g/mol. The van der Waals surface area contributed by atoms with Crippen molar-refractivity contribution < 1.29 is 4.74 Å². The second kappa shape index (κ2) is 4.14. The molecule has 3 N–H and O–H groups in total. The van der Waals surface area contributed by atoms with Crippen LogP contribution in [0, 0.1) is 0 Å². The van der Waals surface area contributed by atoms with E-state index >= 15 is 0 Å². The number of hydrogen-bond acceptors (Lipinski definition) is 5. The molecule has 1 aromatic heterocycles. The highest BCUT2D eigenvalue weighted by Crippen LogP contribution is 2.36. The summed E-state index contributed by atoms with van der Waals surface area (Å²) < 4.78 is 5.82. The number of nitrogen functional groups attached to an aromatic ring is 1. The number of nitrogens with zero attached hydrogens (tertiary/aromatic N) is 2. The van der Waals surface area contributed by atoms with Gasteiger partial charge >= 0.3 is 0 Å². The van der Waals surface area contributed by atoms with Gasteiger partial charge in [0.05, 0.1) is 18.2 Å². The Morgan fingerprint density at radius 3 is 3.00 bits per heavy atom. The fraction of sp³-hybridized carbons (Fsp3) is 0.667. The maximum atomic E-state index is 5.86. The van der Waals surface area contributed by atoms with Crippen molar-refractivity contribution in [2.75, 3.05) is 11.1 Å². The molecule has 0 amide bonds. The second-order valence-corrected chi connectivity index (χ2v) is 4.80. The minimum Gasteiger partial charge on any atom is -0.383 e. The molecule has 3 atom stereocenters. The van der Waals surface area contributed by atoms with Crippen molar-refractivity contribution in [1.29, 1.82) is 0 Å². The van der Waals surface area contributed by atoms with Crippen LogP contribution in [-0.4, -0.2) is 28.2 Å². The van der Waals surface area contributed by atoms with Gasteiger partial charge in [0, 0.05) is 5.56 Å². The molecule has 0 spiro atoms. The van der Waals surface area contributed by atoms with Crippen molar-refractivity contribution in [3.63, 3.8) is 0 Å². The first-order valence-corrected chi connectivity index (χ1v) is 6.29. The Morgan fingerprint density at radius 2 is 2.35 bits per heavy atom. The van der Waals surface area contributed by atoms with Gasteiger partial charge in [0.1, 0.15) is 18.0 Å². The summed E-state index contributed by atoms with van der Waals surface area (Å²) in [5.74, 6) is 1.45. The average Bonchev–Trinajstić information content (AvgIpc) is 2.91. The third-order valence-electron chi connectivity index (χ3n) is 3.76. The zero-order valence-corrected chi connectivity index (χ0v) is 10.0. The fourth-order valence-electron chi connectivity index (χ4n) is 2.86. The first-order valence-electron chi connectivity index (χ1n) is 6.29. The van der Waals surface area contributed by atoms with Crippen LogP contribution in [0.15, 0.2) is 6.33 Å². The Hall–Kier alpha value is -1.36. The highest BCUT2D eigenvalue weighted by atomic mass is 16.5. The van der Waals surface area contributed by atoms with Crippen molar-refractivity contribution >= 4 is 11.6 Å². The zero-order valence-electron chi connectivity index (χ0n) is 10.0. The monoisotopic (exact) mass is 234 g/mol. The summed E-state index contributed by atoms with van der Waals surface area (Å²) >= 11 is 0. The maximum absolute atomic E-state index is 5.86. The number of nitrogens with two attached hydrogens (primary N) is 1. The lowest BCUT2D eigenvalue weighted by Crippen LogP contribution is -2.31. The van der Waals surface area contributed by atoms with Gasteiger partial charge in [-0.2, -0.15) is 0 Å². The minimum absolute atomic E-state index is 0.348. The van der Waals surface area contributed by atoms with E-state index in [0.717, 1.165) is 30.6 Å². The topological polar surface area (TPSA) is 73.1 Å². The lowest BCUT2D eigenvalue weighted by Gasteiger charge is -2.22. The lowest BCUT2D eigenvalue weighted by molar-refractivity contribution is 0.102. The molecule has 3 heterocycles. The number of ether oxygens (including phenoxy) is 1. The number of aromatic nitrogens is 2. The molecule has 2 bridgehead atoms. The van der Waals surface area contributed by atoms with Crippen LogP contribution in [0.3, 0.4) is 0 Å². The molecule has 2 fully saturated rings. The lowest BCUT2D eigenvalue weighted by atomic mass is 9.95. The van der Waals surface area contributed by atoms with E-state index in [4.69, 9.17) is 10.5 Å². The summed E-state index contributed by atoms with van der Waals surface area (Å²) in [6.07, 6.45) is 6.60. The summed E-state index contributed by atoms with van der Waals surface area (Å²) in [6, 6.07) is 0.383. The van der Waals surface area contributed by atoms with Gasteiger partial charge in [0.25, 0.3) is 0 Å². The molecule has 0 aliphatic carbocycles. The predicted molar refractivity (Wildman–Crippen MR) is 65.7 cm³/mol. The molecule has 3 rings (SSSR count). The first-order chi connectivity index (χ1) is 8.28.